The molecule has 120 valence electrons. The lowest BCUT2D eigenvalue weighted by Crippen LogP contribution is -2.46. The highest BCUT2D eigenvalue weighted by Crippen LogP contribution is 2.26. The van der Waals surface area contributed by atoms with Gasteiger partial charge in [0.2, 0.25) is 5.91 Å². The highest BCUT2D eigenvalue weighted by molar-refractivity contribution is 7.98. The number of amides is 3. The first-order valence-corrected chi connectivity index (χ1v) is 8.73. The van der Waals surface area contributed by atoms with E-state index in [2.05, 4.69) is 11.4 Å². The lowest BCUT2D eigenvalue weighted by atomic mass is 9.96. The number of hydrogen-bond acceptors (Lipinski definition) is 3. The molecule has 1 atom stereocenters. The van der Waals surface area contributed by atoms with Gasteiger partial charge in [-0.15, -0.1) is 11.8 Å². The van der Waals surface area contributed by atoms with Crippen LogP contribution < -0.4 is 11.1 Å². The van der Waals surface area contributed by atoms with Gasteiger partial charge in [-0.25, -0.2) is 4.79 Å². The van der Waals surface area contributed by atoms with E-state index in [0.29, 0.717) is 25.9 Å². The molecule has 1 aliphatic heterocycles. The molecule has 1 fully saturated rings. The minimum atomic E-state index is -0.262. The minimum absolute atomic E-state index is 0.0509. The van der Waals surface area contributed by atoms with Crippen LogP contribution >= 0.6 is 11.8 Å². The number of nitrogens with two attached hydrogens (primary N) is 1. The van der Waals surface area contributed by atoms with E-state index >= 15 is 0 Å². The molecular formula is C16H23N3O2S. The molecule has 3 N–H and O–H groups in total. The summed E-state index contributed by atoms with van der Waals surface area (Å²) in [5.74, 6) is -0.360. The van der Waals surface area contributed by atoms with Crippen LogP contribution in [0.2, 0.25) is 0 Å². The number of nitrogens with one attached hydrogen (secondary N) is 1. The van der Waals surface area contributed by atoms with Crippen LogP contribution in [0, 0.1) is 5.92 Å². The van der Waals surface area contributed by atoms with Crippen LogP contribution in [-0.4, -0.2) is 36.2 Å². The Kier molecular flexibility index (Phi) is 5.71. The van der Waals surface area contributed by atoms with E-state index in [1.165, 1.54) is 4.90 Å². The molecule has 1 aliphatic rings. The molecule has 0 radical (unpaired) electrons. The zero-order chi connectivity index (χ0) is 16.1. The molecule has 0 saturated carbocycles. The first-order valence-electron chi connectivity index (χ1n) is 7.50. The van der Waals surface area contributed by atoms with Crippen molar-refractivity contribution in [3.05, 3.63) is 29.8 Å². The highest BCUT2D eigenvalue weighted by atomic mass is 32.2. The van der Waals surface area contributed by atoms with E-state index in [1.54, 1.807) is 16.7 Å². The lowest BCUT2D eigenvalue weighted by molar-refractivity contribution is -0.123. The molecule has 1 aromatic rings. The Bertz CT molecular complexity index is 542. The topological polar surface area (TPSA) is 75.4 Å². The van der Waals surface area contributed by atoms with Gasteiger partial charge in [-0.05, 0) is 37.7 Å². The first-order chi connectivity index (χ1) is 10.5. The Morgan fingerprint density at radius 2 is 1.95 bits per heavy atom. The Morgan fingerprint density at radius 1 is 1.32 bits per heavy atom. The van der Waals surface area contributed by atoms with Gasteiger partial charge in [-0.1, -0.05) is 18.2 Å². The first kappa shape index (κ1) is 16.7. The van der Waals surface area contributed by atoms with Crippen molar-refractivity contribution in [1.29, 1.82) is 0 Å². The average molecular weight is 321 g/mol. The zero-order valence-corrected chi connectivity index (χ0v) is 13.9. The fourth-order valence-electron chi connectivity index (χ4n) is 2.75. The Morgan fingerprint density at radius 3 is 2.55 bits per heavy atom. The van der Waals surface area contributed by atoms with Crippen LogP contribution in [0.5, 0.6) is 0 Å². The van der Waals surface area contributed by atoms with Crippen LogP contribution in [0.4, 0.5) is 4.79 Å². The number of likely N-dealkylation sites (tertiary alicyclic amines) is 1. The Balaban J connectivity index is 1.93. The van der Waals surface area contributed by atoms with Crippen LogP contribution in [0.1, 0.15) is 31.4 Å². The van der Waals surface area contributed by atoms with Crippen LogP contribution in [-0.2, 0) is 4.79 Å². The van der Waals surface area contributed by atoms with Crippen molar-refractivity contribution in [2.45, 2.75) is 30.7 Å². The van der Waals surface area contributed by atoms with E-state index in [-0.39, 0.29) is 23.9 Å². The van der Waals surface area contributed by atoms with E-state index in [0.717, 1.165) is 5.56 Å². The van der Waals surface area contributed by atoms with Gasteiger partial charge in [0, 0.05) is 23.9 Å². The number of nitrogens with zero attached hydrogens (tertiary/aromatic N) is 1. The van der Waals surface area contributed by atoms with Gasteiger partial charge in [0.05, 0.1) is 6.04 Å². The number of benzene rings is 1. The summed E-state index contributed by atoms with van der Waals surface area (Å²) in [6, 6.07) is 7.95. The number of carbonyl (C=O) groups is 2. The third-order valence-electron chi connectivity index (χ3n) is 4.13. The molecule has 2 rings (SSSR count). The summed E-state index contributed by atoms with van der Waals surface area (Å²) in [5.41, 5.74) is 6.44. The van der Waals surface area contributed by atoms with Crippen molar-refractivity contribution in [1.82, 2.24) is 10.2 Å². The van der Waals surface area contributed by atoms with Crippen LogP contribution in [0.3, 0.4) is 0 Å². The summed E-state index contributed by atoms with van der Waals surface area (Å²) in [7, 11) is 0. The number of rotatable bonds is 4. The van der Waals surface area contributed by atoms with Gasteiger partial charge < -0.3 is 16.0 Å². The van der Waals surface area contributed by atoms with E-state index in [9.17, 15) is 9.59 Å². The SMILES string of the molecule is CSc1ccccc1[C@@H](C)NC(=O)N1CCC(C(N)=O)CC1. The number of urea groups is 1. The normalized spacial score (nSPS) is 17.1. The van der Waals surface area contributed by atoms with Crippen molar-refractivity contribution in [3.63, 3.8) is 0 Å². The zero-order valence-electron chi connectivity index (χ0n) is 13.0. The van der Waals surface area contributed by atoms with Crippen molar-refractivity contribution < 1.29 is 9.59 Å². The summed E-state index contributed by atoms with van der Waals surface area (Å²) in [5, 5.41) is 3.04. The molecule has 0 aliphatic carbocycles. The second kappa shape index (κ2) is 7.54. The summed E-state index contributed by atoms with van der Waals surface area (Å²) in [6.45, 7) is 3.15. The maximum atomic E-state index is 12.3. The van der Waals surface area contributed by atoms with E-state index in [4.69, 9.17) is 5.73 Å². The molecule has 0 aromatic heterocycles. The lowest BCUT2D eigenvalue weighted by Gasteiger charge is -2.31. The predicted octanol–water partition coefficient (Wildman–Crippen LogP) is 2.38. The minimum Gasteiger partial charge on any atom is -0.369 e. The maximum absolute atomic E-state index is 12.3. The van der Waals surface area contributed by atoms with Crippen molar-refractivity contribution in [3.8, 4) is 0 Å². The highest BCUT2D eigenvalue weighted by Gasteiger charge is 2.26. The fraction of sp³-hybridized carbons (Fsp3) is 0.500. The molecule has 5 nitrogen and oxygen atoms in total. The number of primary amides is 1. The number of hydrogen-bond donors (Lipinski definition) is 2. The molecule has 22 heavy (non-hydrogen) atoms. The van der Waals surface area contributed by atoms with Gasteiger partial charge in [0.15, 0.2) is 0 Å². The monoisotopic (exact) mass is 321 g/mol. The number of piperidine rings is 1. The van der Waals surface area contributed by atoms with Crippen molar-refractivity contribution >= 4 is 23.7 Å². The molecule has 6 heteroatoms. The predicted molar refractivity (Wildman–Crippen MR) is 88.7 cm³/mol. The van der Waals surface area contributed by atoms with E-state index < -0.39 is 0 Å². The quantitative estimate of drug-likeness (QED) is 0.836. The molecule has 3 amide bonds. The van der Waals surface area contributed by atoms with Crippen LogP contribution in [0.15, 0.2) is 29.2 Å². The standard InChI is InChI=1S/C16H23N3O2S/c1-11(13-5-3-4-6-14(13)22-2)18-16(21)19-9-7-12(8-10-19)15(17)20/h3-6,11-12H,7-10H2,1-2H3,(H2,17,20)(H,18,21)/t11-/m1/s1. The summed E-state index contributed by atoms with van der Waals surface area (Å²) < 4.78 is 0. The largest absolute Gasteiger partial charge is 0.369 e. The number of thioether (sulfide) groups is 1. The van der Waals surface area contributed by atoms with Crippen molar-refractivity contribution in [2.75, 3.05) is 19.3 Å². The molecule has 1 saturated heterocycles. The molecule has 1 heterocycles. The Labute approximate surface area is 135 Å². The molecule has 0 spiro atoms. The smallest absolute Gasteiger partial charge is 0.317 e. The maximum Gasteiger partial charge on any atom is 0.317 e. The van der Waals surface area contributed by atoms with Gasteiger partial charge in [0.1, 0.15) is 0 Å². The molecule has 1 aromatic carbocycles. The number of carbonyl (C=O) groups excluding carboxylic acids is 2. The Hall–Kier alpha value is -1.69. The second-order valence-electron chi connectivity index (χ2n) is 5.58. The van der Waals surface area contributed by atoms with Crippen molar-refractivity contribution in [2.24, 2.45) is 11.7 Å². The molecule has 0 bridgehead atoms. The van der Waals surface area contributed by atoms with Gasteiger partial charge >= 0.3 is 6.03 Å². The van der Waals surface area contributed by atoms with Gasteiger partial charge in [0.25, 0.3) is 0 Å². The van der Waals surface area contributed by atoms with Crippen LogP contribution in [0.25, 0.3) is 0 Å². The van der Waals surface area contributed by atoms with Gasteiger partial charge in [-0.3, -0.25) is 4.79 Å². The van der Waals surface area contributed by atoms with Gasteiger partial charge in [-0.2, -0.15) is 0 Å². The second-order valence-corrected chi connectivity index (χ2v) is 6.42. The van der Waals surface area contributed by atoms with E-state index in [1.807, 2.05) is 31.4 Å². The fourth-order valence-corrected chi connectivity index (χ4v) is 3.44. The average Bonchev–Trinajstić information content (AvgIpc) is 2.54. The summed E-state index contributed by atoms with van der Waals surface area (Å²) in [6.07, 6.45) is 3.33. The third kappa shape index (κ3) is 3.94. The molecule has 0 unspecified atom stereocenters. The third-order valence-corrected chi connectivity index (χ3v) is 4.94. The summed E-state index contributed by atoms with van der Waals surface area (Å²) in [4.78, 5) is 26.4. The summed E-state index contributed by atoms with van der Waals surface area (Å²) >= 11 is 1.67. The molecular weight excluding hydrogens is 298 g/mol.